The van der Waals surface area contributed by atoms with E-state index in [4.69, 9.17) is 11.9 Å². The molecule has 0 nitrogen and oxygen atoms in total. The van der Waals surface area contributed by atoms with Crippen LogP contribution in [0.1, 0.15) is 11.9 Å². The summed E-state index contributed by atoms with van der Waals surface area (Å²) in [5.74, 6) is 0. The van der Waals surface area contributed by atoms with Crippen molar-refractivity contribution in [3.63, 3.8) is 0 Å². The molecule has 0 aliphatic heterocycles. The van der Waals surface area contributed by atoms with Crippen LogP contribution in [0.15, 0.2) is 0 Å². The number of hydrogen-bond donors (Lipinski definition) is 0. The summed E-state index contributed by atoms with van der Waals surface area (Å²) in [5.41, 5.74) is 0. The van der Waals surface area contributed by atoms with E-state index in [9.17, 15) is 0 Å². The molecule has 0 unspecified atom stereocenters. The number of rotatable bonds is 0. The van der Waals surface area contributed by atoms with Crippen molar-refractivity contribution in [3.8, 4) is 0 Å². The SMILES string of the molecule is S=S=S=S=S=S=S=S=S.S=S=S=S=S=S=S=S=S=S.S=S=S=S=S=S=S=S=S=S=S.[2H][2H].[2H][2H].[2H][2H].[2H][2H]. The molecule has 30 heteroatoms. The molecule has 30 heavy (non-hydrogen) atoms. The molecule has 0 aromatic rings. The van der Waals surface area contributed by atoms with Gasteiger partial charge in [-0.15, -0.1) is 0 Å². The van der Waals surface area contributed by atoms with Crippen molar-refractivity contribution in [3.05, 3.63) is 0 Å². The van der Waals surface area contributed by atoms with Gasteiger partial charge in [0.2, 0.25) is 0 Å². The van der Waals surface area contributed by atoms with Gasteiger partial charge in [-0.25, -0.2) is 0 Å². The average Bonchev–Trinajstić information content (AvgIpc) is 2.99. The smallest absolute Gasteiger partial charge is 0 e. The normalized spacial score (nSPS) is 7.87. The van der Waals surface area contributed by atoms with Crippen LogP contribution in [-0.4, -0.2) is 0 Å². The summed E-state index contributed by atoms with van der Waals surface area (Å²) < 4.78 is 40.0. The zero-order valence-corrected chi connectivity index (χ0v) is 36.7. The number of hydrogen-bond acceptors (Lipinski definition) is 6. The fourth-order valence-electron chi connectivity index (χ4n) is 0.204. The maximum Gasteiger partial charge on any atom is 0 e. The molecule has 0 heterocycles. The van der Waals surface area contributed by atoms with Gasteiger partial charge in [0.15, 0.2) is 0 Å². The minimum Gasteiger partial charge on any atom is 0 e. The summed E-state index contributed by atoms with van der Waals surface area (Å²) in [7, 11) is 38.1. The summed E-state index contributed by atoms with van der Waals surface area (Å²) in [6, 6.07) is 0. The predicted molar refractivity (Wildman–Crippen MR) is 229 cm³/mol. The van der Waals surface area contributed by atoms with Crippen LogP contribution in [-0.2, 0) is 280 Å². The van der Waals surface area contributed by atoms with Gasteiger partial charge < -0.3 is 0 Å². The zero-order valence-electron chi connectivity index (χ0n) is 20.2. The molecular weight excluding hydrogens is 962 g/mol. The molecule has 0 radical (unpaired) electrons. The van der Waals surface area contributed by atoms with E-state index in [1.54, 1.807) is 160 Å². The zero-order chi connectivity index (χ0) is 31.0. The standard InChI is InChI=1S/S11.S10.S9.4H2/c1-3-5-7-9-11-10-8-6-4-2;1-3-5-7-9-10-8-6-4-2;1-3-5-7-9-8-6-4-2;;;;/h;;;4*1H/i;;;4*1+1D. The Morgan fingerprint density at radius 1 is 0.233 bits per heavy atom. The molecule has 0 aromatic heterocycles. The first-order valence-electron chi connectivity index (χ1n) is 8.50. The van der Waals surface area contributed by atoms with Crippen LogP contribution in [0.5, 0.6) is 0 Å². The van der Waals surface area contributed by atoms with Crippen molar-refractivity contribution >= 4 is 280 Å². The third-order valence-electron chi connectivity index (χ3n) is 0.583. The highest BCUT2D eigenvalue weighted by atomic mass is 33.4. The Kier molecular flexibility index (Phi) is 49.8. The van der Waals surface area contributed by atoms with Gasteiger partial charge in [-0.3, -0.25) is 0 Å². The molecule has 0 aliphatic rings. The molecule has 0 N–H and O–H groups in total. The second-order valence-corrected chi connectivity index (χ2v) is 44.1. The Balaban J connectivity index is -0.0000000669. The Morgan fingerprint density at radius 3 is 0.433 bits per heavy atom. The molecule has 0 saturated carbocycles. The molecule has 0 aliphatic carbocycles. The first-order chi connectivity index (χ1) is 18.7. The summed E-state index contributed by atoms with van der Waals surface area (Å²) in [4.78, 5) is 0. The Morgan fingerprint density at radius 2 is 0.333 bits per heavy atom. The van der Waals surface area contributed by atoms with Gasteiger partial charge in [0.1, 0.15) is 0 Å². The first kappa shape index (κ1) is 32.8. The lowest BCUT2D eigenvalue weighted by Gasteiger charge is -1.37. The Bertz CT molecular complexity index is 1430. The molecule has 0 fully saturated rings. The van der Waals surface area contributed by atoms with Crippen molar-refractivity contribution in [2.24, 2.45) is 0 Å². The van der Waals surface area contributed by atoms with E-state index in [1.807, 2.05) is 0 Å². The van der Waals surface area contributed by atoms with Crippen LogP contribution >= 0.6 is 0 Å². The second-order valence-electron chi connectivity index (χ2n) is 1.63. The fourth-order valence-corrected chi connectivity index (χ4v) is 49.6. The van der Waals surface area contributed by atoms with E-state index in [0.29, 0.717) is 0 Å². The largest absolute Gasteiger partial charge is 0 e. The van der Waals surface area contributed by atoms with Gasteiger partial charge >= 0.3 is 0 Å². The highest BCUT2D eigenvalue weighted by Crippen LogP contribution is 1.38. The van der Waals surface area contributed by atoms with E-state index in [1.165, 1.54) is 53.3 Å². The van der Waals surface area contributed by atoms with Crippen molar-refractivity contribution in [1.82, 2.24) is 0 Å². The summed E-state index contributed by atoms with van der Waals surface area (Å²) in [6.45, 7) is 0. The van der Waals surface area contributed by atoms with Crippen LogP contribution in [0.4, 0.5) is 0 Å². The van der Waals surface area contributed by atoms with Gasteiger partial charge in [-0.2, -0.15) is 0 Å². The topological polar surface area (TPSA) is 0 Å². The second kappa shape index (κ2) is 45.5. The van der Waals surface area contributed by atoms with Gasteiger partial charge in [0.25, 0.3) is 0 Å². The lowest BCUT2D eigenvalue weighted by atomic mass is 30.7. The third-order valence-corrected chi connectivity index (χ3v) is 47.2. The third kappa shape index (κ3) is 51.3. The van der Waals surface area contributed by atoms with Gasteiger partial charge in [0.05, 0.1) is 0 Å². The van der Waals surface area contributed by atoms with Crippen LogP contribution in [0, 0.1) is 0 Å². The molecular formula is H8S30. The molecule has 0 bridgehead atoms. The minimum atomic E-state index is 1.35. The monoisotopic (exact) mass is 975 g/mol. The van der Waals surface area contributed by atoms with Gasteiger partial charge in [-0.1, -0.05) is 0 Å². The van der Waals surface area contributed by atoms with E-state index in [2.05, 4.69) is 67.1 Å². The quantitative estimate of drug-likeness (QED) is 0.352. The summed E-state index contributed by atoms with van der Waals surface area (Å²) in [6.07, 6.45) is 0. The first-order valence-corrected chi connectivity index (χ1v) is 40.5. The van der Waals surface area contributed by atoms with E-state index in [0.717, 1.165) is 0 Å². The average molecular weight is 978 g/mol. The van der Waals surface area contributed by atoms with E-state index in [-0.39, 0.29) is 0 Å². The lowest BCUT2D eigenvalue weighted by Crippen LogP contribution is -1.37. The lowest BCUT2D eigenvalue weighted by molar-refractivity contribution is 6.00. The van der Waals surface area contributed by atoms with Crippen molar-refractivity contribution in [1.29, 1.82) is 0 Å². The van der Waals surface area contributed by atoms with E-state index < -0.39 is 0 Å². The molecule has 188 valence electrons. The van der Waals surface area contributed by atoms with Crippen molar-refractivity contribution < 1.29 is 11.9 Å². The van der Waals surface area contributed by atoms with Gasteiger partial charge in [-0.05, 0) is 0 Å². The maximum atomic E-state index is 5.00. The van der Waals surface area contributed by atoms with Crippen LogP contribution in [0.25, 0.3) is 0 Å². The highest BCUT2D eigenvalue weighted by molar-refractivity contribution is 8.75. The predicted octanol–water partition coefficient (Wildman–Crippen LogP) is 0.912. The Labute approximate surface area is 285 Å². The van der Waals surface area contributed by atoms with Crippen molar-refractivity contribution in [2.45, 2.75) is 0 Å². The summed E-state index contributed by atoms with van der Waals surface area (Å²) in [5, 5.41) is 0. The molecule has 0 atom stereocenters. The molecule has 0 amide bonds. The molecule has 0 aromatic carbocycles. The summed E-state index contributed by atoms with van der Waals surface area (Å²) >= 11 is 27.9. The van der Waals surface area contributed by atoms with E-state index >= 15 is 0 Å². The molecule has 0 saturated heterocycles. The molecule has 0 spiro atoms. The van der Waals surface area contributed by atoms with Crippen molar-refractivity contribution in [2.75, 3.05) is 0 Å². The van der Waals surface area contributed by atoms with Crippen LogP contribution in [0.2, 0.25) is 0 Å². The van der Waals surface area contributed by atoms with Gasteiger partial charge in [0, 0.05) is 292 Å². The fraction of sp³-hybridized carbons (Fsp3) is 0. The minimum absolute atomic E-state index is 1.35. The Hall–Kier alpha value is 6.60. The molecule has 0 rings (SSSR count). The van der Waals surface area contributed by atoms with Crippen LogP contribution < -0.4 is 0 Å². The van der Waals surface area contributed by atoms with Crippen LogP contribution in [0.3, 0.4) is 0 Å². The maximum absolute atomic E-state index is 5.00. The highest BCUT2D eigenvalue weighted by Gasteiger charge is 1.38.